The Balaban J connectivity index is 1.67. The number of carbonyl (C=O) groups is 3. The highest BCUT2D eigenvalue weighted by Crippen LogP contribution is 2.36. The molecular weight excluding hydrogens is 365 g/mol. The molecule has 1 saturated heterocycles. The van der Waals surface area contributed by atoms with Crippen LogP contribution >= 0.6 is 23.2 Å². The van der Waals surface area contributed by atoms with E-state index in [-0.39, 0.29) is 17.5 Å². The smallest absolute Gasteiger partial charge is 0.323 e. The fourth-order valence-corrected chi connectivity index (χ4v) is 3.79. The fraction of sp³-hybridized carbons (Fsp3) is 0.471. The number of carbonyl (C=O) groups excluding carboxylic acids is 3. The summed E-state index contributed by atoms with van der Waals surface area (Å²) in [6, 6.07) is 4.15. The van der Waals surface area contributed by atoms with E-state index < -0.39 is 17.5 Å². The highest BCUT2D eigenvalue weighted by Gasteiger charge is 2.52. The lowest BCUT2D eigenvalue weighted by Crippen LogP contribution is -2.49. The molecule has 2 aliphatic rings. The molecule has 25 heavy (non-hydrogen) atoms. The summed E-state index contributed by atoms with van der Waals surface area (Å²) in [6.45, 7) is 1.79. The molecule has 134 valence electrons. The molecule has 1 aromatic rings. The van der Waals surface area contributed by atoms with Gasteiger partial charge in [-0.25, -0.2) is 4.79 Å². The Morgan fingerprint density at radius 3 is 2.64 bits per heavy atom. The summed E-state index contributed by atoms with van der Waals surface area (Å²) in [5, 5.41) is 6.13. The van der Waals surface area contributed by atoms with Crippen LogP contribution in [0.1, 0.15) is 32.6 Å². The van der Waals surface area contributed by atoms with Crippen LogP contribution in [0, 0.1) is 5.92 Å². The summed E-state index contributed by atoms with van der Waals surface area (Å²) in [6.07, 6.45) is 2.98. The minimum atomic E-state index is -0.845. The maximum atomic E-state index is 12.7. The molecule has 1 aromatic carbocycles. The molecular formula is C17H19Cl2N3O3. The van der Waals surface area contributed by atoms with Crippen molar-refractivity contribution < 1.29 is 14.4 Å². The van der Waals surface area contributed by atoms with Crippen LogP contribution in [-0.2, 0) is 9.59 Å². The van der Waals surface area contributed by atoms with E-state index in [1.54, 1.807) is 12.1 Å². The van der Waals surface area contributed by atoms with E-state index in [1.165, 1.54) is 6.07 Å². The Morgan fingerprint density at radius 2 is 2.00 bits per heavy atom. The molecule has 8 heteroatoms. The Labute approximate surface area is 155 Å². The van der Waals surface area contributed by atoms with E-state index in [0.717, 1.165) is 17.7 Å². The number of urea groups is 1. The quantitative estimate of drug-likeness (QED) is 0.784. The molecule has 2 N–H and O–H groups in total. The number of benzene rings is 1. The van der Waals surface area contributed by atoms with Crippen molar-refractivity contribution in [3.63, 3.8) is 0 Å². The lowest BCUT2D eigenvalue weighted by atomic mass is 9.77. The first-order valence-electron chi connectivity index (χ1n) is 8.20. The minimum Gasteiger partial charge on any atom is -0.323 e. The number of hydrogen-bond acceptors (Lipinski definition) is 3. The van der Waals surface area contributed by atoms with Crippen molar-refractivity contribution in [3.8, 4) is 0 Å². The predicted molar refractivity (Wildman–Crippen MR) is 95.7 cm³/mol. The normalized spacial score (nSPS) is 26.0. The second-order valence-corrected chi connectivity index (χ2v) is 7.60. The maximum Gasteiger partial charge on any atom is 0.325 e. The van der Waals surface area contributed by atoms with Crippen molar-refractivity contribution in [2.24, 2.45) is 5.92 Å². The number of halogens is 2. The summed E-state index contributed by atoms with van der Waals surface area (Å²) >= 11 is 11.8. The molecule has 6 nitrogen and oxygen atoms in total. The van der Waals surface area contributed by atoms with Gasteiger partial charge in [0.25, 0.3) is 5.91 Å². The van der Waals surface area contributed by atoms with Crippen LogP contribution in [0.15, 0.2) is 18.2 Å². The number of rotatable bonds is 3. The lowest BCUT2D eigenvalue weighted by Gasteiger charge is -2.33. The second-order valence-electron chi connectivity index (χ2n) is 6.76. The third-order valence-electron chi connectivity index (χ3n) is 4.88. The molecule has 0 atom stereocenters. The molecule has 1 aliphatic heterocycles. The van der Waals surface area contributed by atoms with Gasteiger partial charge >= 0.3 is 6.03 Å². The molecule has 0 bridgehead atoms. The van der Waals surface area contributed by atoms with Gasteiger partial charge in [0, 0.05) is 5.02 Å². The average Bonchev–Trinajstić information content (AvgIpc) is 2.78. The summed E-state index contributed by atoms with van der Waals surface area (Å²) in [7, 11) is 0. The zero-order chi connectivity index (χ0) is 18.2. The van der Waals surface area contributed by atoms with E-state index >= 15 is 0 Å². The minimum absolute atomic E-state index is 0.288. The Bertz CT molecular complexity index is 730. The van der Waals surface area contributed by atoms with Gasteiger partial charge in [0.05, 0.1) is 10.7 Å². The Kier molecular flexibility index (Phi) is 4.93. The van der Waals surface area contributed by atoms with E-state index in [0.29, 0.717) is 29.5 Å². The standard InChI is InChI=1S/C17H19Cl2N3O3/c1-10-4-6-17(7-5-10)15(24)22(16(25)21-17)9-14(23)20-13-3-2-11(18)8-12(13)19/h2-3,8,10H,4-7,9H2,1H3,(H,20,23)(H,21,25). The highest BCUT2D eigenvalue weighted by atomic mass is 35.5. The number of imide groups is 1. The van der Waals surface area contributed by atoms with Crippen LogP contribution in [0.3, 0.4) is 0 Å². The Morgan fingerprint density at radius 1 is 1.32 bits per heavy atom. The van der Waals surface area contributed by atoms with Crippen molar-refractivity contribution in [3.05, 3.63) is 28.2 Å². The van der Waals surface area contributed by atoms with Gasteiger partial charge < -0.3 is 10.6 Å². The van der Waals surface area contributed by atoms with Gasteiger partial charge in [-0.2, -0.15) is 0 Å². The fourth-order valence-electron chi connectivity index (χ4n) is 3.34. The molecule has 2 fully saturated rings. The van der Waals surface area contributed by atoms with Gasteiger partial charge in [-0.05, 0) is 49.8 Å². The number of nitrogens with zero attached hydrogens (tertiary/aromatic N) is 1. The largest absolute Gasteiger partial charge is 0.325 e. The second kappa shape index (κ2) is 6.84. The topological polar surface area (TPSA) is 78.5 Å². The van der Waals surface area contributed by atoms with Gasteiger partial charge in [-0.3, -0.25) is 14.5 Å². The zero-order valence-electron chi connectivity index (χ0n) is 13.8. The molecule has 3 rings (SSSR count). The van der Waals surface area contributed by atoms with Crippen LogP contribution < -0.4 is 10.6 Å². The molecule has 0 aromatic heterocycles. The van der Waals surface area contributed by atoms with Gasteiger partial charge in [-0.15, -0.1) is 0 Å². The molecule has 1 heterocycles. The van der Waals surface area contributed by atoms with E-state index in [1.807, 2.05) is 0 Å². The van der Waals surface area contributed by atoms with Crippen molar-refractivity contribution in [1.29, 1.82) is 0 Å². The van der Waals surface area contributed by atoms with E-state index in [9.17, 15) is 14.4 Å². The van der Waals surface area contributed by atoms with Gasteiger partial charge in [0.2, 0.25) is 5.91 Å². The van der Waals surface area contributed by atoms with Crippen molar-refractivity contribution in [1.82, 2.24) is 10.2 Å². The van der Waals surface area contributed by atoms with Crippen molar-refractivity contribution >= 4 is 46.7 Å². The predicted octanol–water partition coefficient (Wildman–Crippen LogP) is 3.43. The maximum absolute atomic E-state index is 12.7. The van der Waals surface area contributed by atoms with Gasteiger partial charge in [0.15, 0.2) is 0 Å². The first kappa shape index (κ1) is 18.0. The third-order valence-corrected chi connectivity index (χ3v) is 5.43. The van der Waals surface area contributed by atoms with Crippen LogP contribution in [0.4, 0.5) is 10.5 Å². The van der Waals surface area contributed by atoms with Crippen LogP contribution in [0.2, 0.25) is 10.0 Å². The Hall–Kier alpha value is -1.79. The highest BCUT2D eigenvalue weighted by molar-refractivity contribution is 6.36. The number of nitrogens with one attached hydrogen (secondary N) is 2. The molecule has 0 unspecified atom stereocenters. The SMILES string of the molecule is CC1CCC2(CC1)NC(=O)N(CC(=O)Nc1ccc(Cl)cc1Cl)C2=O. The van der Waals surface area contributed by atoms with Crippen LogP contribution in [0.25, 0.3) is 0 Å². The molecule has 0 radical (unpaired) electrons. The van der Waals surface area contributed by atoms with Crippen LogP contribution in [-0.4, -0.2) is 34.8 Å². The summed E-state index contributed by atoms with van der Waals surface area (Å²) < 4.78 is 0. The summed E-state index contributed by atoms with van der Waals surface area (Å²) in [5.41, 5.74) is -0.466. The lowest BCUT2D eigenvalue weighted by molar-refractivity contribution is -0.135. The summed E-state index contributed by atoms with van der Waals surface area (Å²) in [5.74, 6) is -0.268. The first-order chi connectivity index (χ1) is 11.8. The van der Waals surface area contributed by atoms with Crippen molar-refractivity contribution in [2.45, 2.75) is 38.1 Å². The van der Waals surface area contributed by atoms with Crippen LogP contribution in [0.5, 0.6) is 0 Å². The van der Waals surface area contributed by atoms with Gasteiger partial charge in [0.1, 0.15) is 12.1 Å². The monoisotopic (exact) mass is 383 g/mol. The number of hydrogen-bond donors (Lipinski definition) is 2. The summed E-state index contributed by atoms with van der Waals surface area (Å²) in [4.78, 5) is 38.2. The van der Waals surface area contributed by atoms with E-state index in [2.05, 4.69) is 17.6 Å². The number of amides is 4. The zero-order valence-corrected chi connectivity index (χ0v) is 15.3. The molecule has 1 saturated carbocycles. The number of anilines is 1. The average molecular weight is 384 g/mol. The van der Waals surface area contributed by atoms with E-state index in [4.69, 9.17) is 23.2 Å². The first-order valence-corrected chi connectivity index (χ1v) is 8.95. The molecule has 1 spiro atoms. The third kappa shape index (κ3) is 3.60. The molecule has 4 amide bonds. The van der Waals surface area contributed by atoms with Crippen molar-refractivity contribution in [2.75, 3.05) is 11.9 Å². The van der Waals surface area contributed by atoms with Gasteiger partial charge in [-0.1, -0.05) is 30.1 Å². The molecule has 1 aliphatic carbocycles.